The van der Waals surface area contributed by atoms with Crippen LogP contribution in [0.3, 0.4) is 0 Å². The highest BCUT2D eigenvalue weighted by molar-refractivity contribution is 5.64. The number of benzene rings is 1. The van der Waals surface area contributed by atoms with Crippen molar-refractivity contribution in [3.8, 4) is 6.07 Å². The minimum absolute atomic E-state index is 0.0421. The van der Waals surface area contributed by atoms with E-state index in [1.165, 1.54) is 30.3 Å². The molecule has 0 fully saturated rings. The maximum absolute atomic E-state index is 12.8. The molecular formula is C13H9F3N4. The first-order chi connectivity index (χ1) is 9.41. The third-order valence-corrected chi connectivity index (χ3v) is 2.53. The van der Waals surface area contributed by atoms with E-state index in [-0.39, 0.29) is 22.9 Å². The molecule has 0 amide bonds. The average molecular weight is 278 g/mol. The van der Waals surface area contributed by atoms with E-state index in [1.807, 2.05) is 0 Å². The molecule has 20 heavy (non-hydrogen) atoms. The number of nitrogens with zero attached hydrogens (tertiary/aromatic N) is 2. The molecule has 7 heteroatoms. The molecule has 4 nitrogen and oxygen atoms in total. The van der Waals surface area contributed by atoms with Gasteiger partial charge in [-0.05, 0) is 24.3 Å². The highest BCUT2D eigenvalue weighted by Gasteiger charge is 2.33. The molecule has 2 rings (SSSR count). The number of nitrogens with two attached hydrogens (primary N) is 1. The molecule has 2 aromatic rings. The molecule has 0 unspecified atom stereocenters. The van der Waals surface area contributed by atoms with E-state index in [4.69, 9.17) is 11.0 Å². The first kappa shape index (κ1) is 13.7. The summed E-state index contributed by atoms with van der Waals surface area (Å²) in [6.45, 7) is 0. The number of hydrogen-bond acceptors (Lipinski definition) is 4. The number of nitrogen functional groups attached to an aromatic ring is 1. The van der Waals surface area contributed by atoms with Crippen LogP contribution < -0.4 is 11.1 Å². The summed E-state index contributed by atoms with van der Waals surface area (Å²) < 4.78 is 38.5. The fraction of sp³-hybridized carbons (Fsp3) is 0.0769. The highest BCUT2D eigenvalue weighted by atomic mass is 19.4. The van der Waals surface area contributed by atoms with Crippen molar-refractivity contribution in [2.75, 3.05) is 11.1 Å². The third kappa shape index (κ3) is 2.80. The topological polar surface area (TPSA) is 74.7 Å². The second kappa shape index (κ2) is 5.09. The fourth-order valence-electron chi connectivity index (χ4n) is 1.61. The van der Waals surface area contributed by atoms with Crippen LogP contribution >= 0.6 is 0 Å². The van der Waals surface area contributed by atoms with Crippen molar-refractivity contribution >= 4 is 17.2 Å². The second-order valence-corrected chi connectivity index (χ2v) is 3.91. The zero-order chi connectivity index (χ0) is 14.8. The number of alkyl halides is 3. The number of anilines is 3. The predicted octanol–water partition coefficient (Wildman–Crippen LogP) is 3.30. The molecule has 1 aromatic heterocycles. The maximum atomic E-state index is 12.8. The summed E-state index contributed by atoms with van der Waals surface area (Å²) in [5.74, 6) is 0.118. The van der Waals surface area contributed by atoms with Crippen LogP contribution in [0, 0.1) is 11.3 Å². The smallest absolute Gasteiger partial charge is 0.396 e. The van der Waals surface area contributed by atoms with E-state index in [0.29, 0.717) is 0 Å². The lowest BCUT2D eigenvalue weighted by atomic mass is 10.1. The molecule has 0 saturated heterocycles. The van der Waals surface area contributed by atoms with Crippen LogP contribution in [0.4, 0.5) is 30.4 Å². The molecule has 3 N–H and O–H groups in total. The Morgan fingerprint density at radius 2 is 1.85 bits per heavy atom. The van der Waals surface area contributed by atoms with Crippen LogP contribution in [-0.2, 0) is 6.18 Å². The third-order valence-electron chi connectivity index (χ3n) is 2.53. The normalized spacial score (nSPS) is 10.9. The van der Waals surface area contributed by atoms with E-state index < -0.39 is 11.7 Å². The number of rotatable bonds is 2. The van der Waals surface area contributed by atoms with Crippen molar-refractivity contribution in [3.05, 3.63) is 47.7 Å². The van der Waals surface area contributed by atoms with Gasteiger partial charge >= 0.3 is 6.18 Å². The minimum atomic E-state index is -4.48. The number of nitriles is 1. The van der Waals surface area contributed by atoms with Gasteiger partial charge in [-0.3, -0.25) is 0 Å². The van der Waals surface area contributed by atoms with Gasteiger partial charge in [-0.1, -0.05) is 12.1 Å². The summed E-state index contributed by atoms with van der Waals surface area (Å²) in [5.41, 5.74) is 4.68. The number of aromatic nitrogens is 1. The minimum Gasteiger partial charge on any atom is -0.396 e. The van der Waals surface area contributed by atoms with Crippen LogP contribution in [-0.4, -0.2) is 4.98 Å². The quantitative estimate of drug-likeness (QED) is 0.883. The zero-order valence-electron chi connectivity index (χ0n) is 10.1. The SMILES string of the molecule is N#Cc1nc(Nc2ccccc2C(F)(F)F)ccc1N. The van der Waals surface area contributed by atoms with Crippen LogP contribution in [0.2, 0.25) is 0 Å². The molecular weight excluding hydrogens is 269 g/mol. The Morgan fingerprint density at radius 3 is 2.50 bits per heavy atom. The second-order valence-electron chi connectivity index (χ2n) is 3.91. The van der Waals surface area contributed by atoms with Gasteiger partial charge in [-0.2, -0.15) is 18.4 Å². The van der Waals surface area contributed by atoms with E-state index in [1.54, 1.807) is 6.07 Å². The van der Waals surface area contributed by atoms with Crippen molar-refractivity contribution < 1.29 is 13.2 Å². The molecule has 1 heterocycles. The van der Waals surface area contributed by atoms with Crippen LogP contribution in [0.15, 0.2) is 36.4 Å². The van der Waals surface area contributed by atoms with Crippen molar-refractivity contribution in [1.29, 1.82) is 5.26 Å². The van der Waals surface area contributed by atoms with Gasteiger partial charge in [0.1, 0.15) is 11.9 Å². The number of hydrogen-bond donors (Lipinski definition) is 2. The van der Waals surface area contributed by atoms with Gasteiger partial charge in [0.15, 0.2) is 5.69 Å². The molecule has 0 aliphatic carbocycles. The molecule has 1 aromatic carbocycles. The van der Waals surface area contributed by atoms with Crippen molar-refractivity contribution in [2.24, 2.45) is 0 Å². The molecule has 102 valence electrons. The fourth-order valence-corrected chi connectivity index (χ4v) is 1.61. The Bertz CT molecular complexity index is 674. The van der Waals surface area contributed by atoms with Crippen LogP contribution in [0.1, 0.15) is 11.3 Å². The average Bonchev–Trinajstić information content (AvgIpc) is 2.40. The van der Waals surface area contributed by atoms with Crippen molar-refractivity contribution in [2.45, 2.75) is 6.18 Å². The van der Waals surface area contributed by atoms with Gasteiger partial charge < -0.3 is 11.1 Å². The molecule has 0 radical (unpaired) electrons. The number of halogens is 3. The summed E-state index contributed by atoms with van der Waals surface area (Å²) in [4.78, 5) is 3.84. The first-order valence-corrected chi connectivity index (χ1v) is 5.51. The van der Waals surface area contributed by atoms with E-state index in [9.17, 15) is 13.2 Å². The monoisotopic (exact) mass is 278 g/mol. The van der Waals surface area contributed by atoms with Crippen molar-refractivity contribution in [3.63, 3.8) is 0 Å². The first-order valence-electron chi connectivity index (χ1n) is 5.51. The zero-order valence-corrected chi connectivity index (χ0v) is 10.1. The summed E-state index contributed by atoms with van der Waals surface area (Å²) in [7, 11) is 0. The summed E-state index contributed by atoms with van der Waals surface area (Å²) in [6, 6.07) is 9.60. The van der Waals surface area contributed by atoms with Crippen molar-refractivity contribution in [1.82, 2.24) is 4.98 Å². The Labute approximate surface area is 112 Å². The van der Waals surface area contributed by atoms with Gasteiger partial charge in [-0.25, -0.2) is 4.98 Å². The van der Waals surface area contributed by atoms with Gasteiger partial charge in [0.2, 0.25) is 0 Å². The number of pyridine rings is 1. The Kier molecular flexibility index (Phi) is 3.48. The lowest BCUT2D eigenvalue weighted by Crippen LogP contribution is -2.09. The van der Waals surface area contributed by atoms with Gasteiger partial charge in [0.25, 0.3) is 0 Å². The molecule has 0 atom stereocenters. The Morgan fingerprint density at radius 1 is 1.15 bits per heavy atom. The van der Waals surface area contributed by atoms with Gasteiger partial charge in [0.05, 0.1) is 16.9 Å². The maximum Gasteiger partial charge on any atom is 0.418 e. The van der Waals surface area contributed by atoms with Gasteiger partial charge in [0, 0.05) is 0 Å². The van der Waals surface area contributed by atoms with E-state index in [2.05, 4.69) is 10.3 Å². The molecule has 0 aliphatic rings. The molecule has 0 bridgehead atoms. The lowest BCUT2D eigenvalue weighted by molar-refractivity contribution is -0.136. The Hall–Kier alpha value is -2.75. The van der Waals surface area contributed by atoms with Crippen LogP contribution in [0.25, 0.3) is 0 Å². The number of para-hydroxylation sites is 1. The largest absolute Gasteiger partial charge is 0.418 e. The molecule has 0 aliphatic heterocycles. The van der Waals surface area contributed by atoms with Crippen LogP contribution in [0.5, 0.6) is 0 Å². The highest BCUT2D eigenvalue weighted by Crippen LogP contribution is 2.35. The summed E-state index contributed by atoms with van der Waals surface area (Å²) >= 11 is 0. The molecule has 0 saturated carbocycles. The standard InChI is InChI=1S/C13H9F3N4/c14-13(15,16)8-3-1-2-4-10(8)19-12-6-5-9(18)11(7-17)20-12/h1-6H,18H2,(H,19,20). The Balaban J connectivity index is 2.39. The van der Waals surface area contributed by atoms with Gasteiger partial charge in [-0.15, -0.1) is 0 Å². The number of nitrogens with one attached hydrogen (secondary N) is 1. The predicted molar refractivity (Wildman–Crippen MR) is 68.1 cm³/mol. The van der Waals surface area contributed by atoms with E-state index >= 15 is 0 Å². The molecule has 0 spiro atoms. The summed E-state index contributed by atoms with van der Waals surface area (Å²) in [6.07, 6.45) is -4.48. The summed E-state index contributed by atoms with van der Waals surface area (Å²) in [5, 5.41) is 11.3. The lowest BCUT2D eigenvalue weighted by Gasteiger charge is -2.14. The van der Waals surface area contributed by atoms with E-state index in [0.717, 1.165) is 6.07 Å².